The quantitative estimate of drug-likeness (QED) is 0.0399. The van der Waals surface area contributed by atoms with E-state index in [-0.39, 0.29) is 34.4 Å². The zero-order valence-corrected chi connectivity index (χ0v) is 40.4. The Morgan fingerprint density at radius 2 is 0.750 bits per heavy atom. The maximum Gasteiger partial charge on any atom is 0.252 e. The fourth-order valence-electron chi connectivity index (χ4n) is 8.25. The number of rotatable bonds is 18. The van der Waals surface area contributed by atoms with Crippen LogP contribution in [0.1, 0.15) is 67.1 Å². The van der Waals surface area contributed by atoms with Gasteiger partial charge in [-0.25, -0.2) is 18.7 Å². The SMILES string of the molecule is NC(=O)c1cc(F)c(N[C@@H](c2ccccc2)[C@H](N)c2ccccc2)nc1Nc1cccc(-n2nccn2)c1.NC(=O)c1cc(F)c(N[C@H](c2ccccc2)[C@@H](N)c2ccccc2)nc1Nc1cccc(-n2nccn2)c1. The van der Waals surface area contributed by atoms with Gasteiger partial charge in [-0.1, -0.05) is 133 Å². The van der Waals surface area contributed by atoms with Gasteiger partial charge < -0.3 is 44.2 Å². The summed E-state index contributed by atoms with van der Waals surface area (Å²) in [4.78, 5) is 36.1. The number of anilines is 6. The van der Waals surface area contributed by atoms with Gasteiger partial charge in [0.25, 0.3) is 11.8 Å². The molecule has 380 valence electrons. The number of nitrogens with zero attached hydrogens (tertiary/aromatic N) is 8. The largest absolute Gasteiger partial charge is 0.365 e. The van der Waals surface area contributed by atoms with E-state index in [1.807, 2.05) is 133 Å². The molecule has 0 radical (unpaired) electrons. The number of nitrogens with one attached hydrogen (secondary N) is 4. The molecule has 10 aromatic rings. The monoisotopic (exact) mass is 1020 g/mol. The minimum absolute atomic E-state index is 0.0809. The van der Waals surface area contributed by atoms with Crippen molar-refractivity contribution < 1.29 is 18.4 Å². The molecule has 2 amide bonds. The van der Waals surface area contributed by atoms with Gasteiger partial charge in [-0.05, 0) is 70.8 Å². The third-order valence-corrected chi connectivity index (χ3v) is 12.0. The lowest BCUT2D eigenvalue weighted by molar-refractivity contribution is 0.0992. The normalized spacial score (nSPS) is 12.5. The number of aromatic nitrogens is 8. The zero-order chi connectivity index (χ0) is 53.0. The number of hydrogen-bond acceptors (Lipinski definition) is 14. The molecule has 0 bridgehead atoms. The Labute approximate surface area is 434 Å². The smallest absolute Gasteiger partial charge is 0.252 e. The molecule has 4 heterocycles. The first-order valence-electron chi connectivity index (χ1n) is 23.7. The van der Waals surface area contributed by atoms with Gasteiger partial charge in [-0.3, -0.25) is 9.59 Å². The molecular weight excluding hydrogens is 967 g/mol. The lowest BCUT2D eigenvalue weighted by Crippen LogP contribution is -2.27. The standard InChI is InChI=1S/2C28H25FN8O/c2*29-23-17-22(26(31)38)27(34-20-12-7-13-21(16-20)37-32-14-15-33-37)36-28(23)35-25(19-10-5-2-6-11-19)24(30)18-8-3-1-4-9-18/h2*1-17,24-25H,30H2,(H2,31,38)(H2,34,35,36)/t2*24-,25+/m10/s1. The third kappa shape index (κ3) is 12.2. The van der Waals surface area contributed by atoms with E-state index >= 15 is 8.78 Å². The van der Waals surface area contributed by atoms with Crippen molar-refractivity contribution in [3.8, 4) is 11.4 Å². The minimum Gasteiger partial charge on any atom is -0.365 e. The Kier molecular flexibility index (Phi) is 15.7. The number of halogens is 2. The fraction of sp³-hybridized carbons (Fsp3) is 0.0714. The molecule has 12 N–H and O–H groups in total. The molecule has 0 unspecified atom stereocenters. The van der Waals surface area contributed by atoms with Gasteiger partial charge in [-0.15, -0.1) is 0 Å². The highest BCUT2D eigenvalue weighted by atomic mass is 19.1. The topological polar surface area (TPSA) is 274 Å². The van der Waals surface area contributed by atoms with Gasteiger partial charge >= 0.3 is 0 Å². The summed E-state index contributed by atoms with van der Waals surface area (Å²) in [6, 6.07) is 52.3. The Hall–Kier alpha value is -10.2. The Morgan fingerprint density at radius 3 is 1.08 bits per heavy atom. The molecule has 4 atom stereocenters. The van der Waals surface area contributed by atoms with E-state index in [0.29, 0.717) is 22.7 Å². The summed E-state index contributed by atoms with van der Waals surface area (Å²) in [7, 11) is 0. The van der Waals surface area contributed by atoms with Crippen LogP contribution in [-0.4, -0.2) is 51.8 Å². The van der Waals surface area contributed by atoms with Crippen molar-refractivity contribution in [1.29, 1.82) is 0 Å². The van der Waals surface area contributed by atoms with Crippen molar-refractivity contribution in [2.75, 3.05) is 21.3 Å². The Balaban J connectivity index is 0.000000186. The lowest BCUT2D eigenvalue weighted by atomic mass is 9.94. The summed E-state index contributed by atoms with van der Waals surface area (Å²) in [5.74, 6) is -3.10. The second-order valence-corrected chi connectivity index (χ2v) is 17.1. The molecule has 0 saturated heterocycles. The van der Waals surface area contributed by atoms with Crippen molar-refractivity contribution in [1.82, 2.24) is 40.0 Å². The number of pyridine rings is 2. The first kappa shape index (κ1) is 50.7. The van der Waals surface area contributed by atoms with Crippen LogP contribution in [0.5, 0.6) is 0 Å². The number of carbonyl (C=O) groups excluding carboxylic acids is 2. The average molecular weight is 1020 g/mol. The minimum atomic E-state index is -0.823. The van der Waals surface area contributed by atoms with Crippen LogP contribution in [0.4, 0.5) is 43.4 Å². The van der Waals surface area contributed by atoms with E-state index in [9.17, 15) is 9.59 Å². The van der Waals surface area contributed by atoms with Gasteiger partial charge in [0.1, 0.15) is 11.6 Å². The summed E-state index contributed by atoms with van der Waals surface area (Å²) in [5, 5.41) is 29.0. The van der Waals surface area contributed by atoms with Crippen LogP contribution in [0.25, 0.3) is 11.4 Å². The van der Waals surface area contributed by atoms with Gasteiger partial charge in [0.15, 0.2) is 23.3 Å². The number of benzene rings is 6. The molecule has 0 fully saturated rings. The molecule has 76 heavy (non-hydrogen) atoms. The van der Waals surface area contributed by atoms with Crippen LogP contribution in [0.2, 0.25) is 0 Å². The first-order valence-corrected chi connectivity index (χ1v) is 23.7. The third-order valence-electron chi connectivity index (χ3n) is 12.0. The second kappa shape index (κ2) is 23.6. The number of nitrogens with two attached hydrogens (primary N) is 4. The maximum absolute atomic E-state index is 15.3. The predicted molar refractivity (Wildman–Crippen MR) is 287 cm³/mol. The number of hydrogen-bond donors (Lipinski definition) is 8. The molecule has 18 nitrogen and oxygen atoms in total. The molecule has 0 aliphatic heterocycles. The molecule has 20 heteroatoms. The molecule has 0 saturated carbocycles. The van der Waals surface area contributed by atoms with E-state index in [1.54, 1.807) is 61.2 Å². The molecule has 0 aliphatic rings. The van der Waals surface area contributed by atoms with Crippen molar-refractivity contribution >= 4 is 46.5 Å². The number of primary amides is 2. The number of carbonyl (C=O) groups is 2. The van der Waals surface area contributed by atoms with Gasteiger partial charge in [0.2, 0.25) is 0 Å². The summed E-state index contributed by atoms with van der Waals surface area (Å²) < 4.78 is 30.6. The van der Waals surface area contributed by atoms with E-state index in [2.05, 4.69) is 51.6 Å². The summed E-state index contributed by atoms with van der Waals surface area (Å²) in [6.45, 7) is 0. The highest BCUT2D eigenvalue weighted by molar-refractivity contribution is 5.99. The van der Waals surface area contributed by atoms with Crippen LogP contribution in [-0.2, 0) is 0 Å². The van der Waals surface area contributed by atoms with Gasteiger partial charge in [0.05, 0.1) is 71.5 Å². The van der Waals surface area contributed by atoms with Crippen LogP contribution in [0, 0.1) is 11.6 Å². The van der Waals surface area contributed by atoms with E-state index in [4.69, 9.17) is 22.9 Å². The Morgan fingerprint density at radius 1 is 0.421 bits per heavy atom. The van der Waals surface area contributed by atoms with Crippen molar-refractivity contribution in [2.24, 2.45) is 22.9 Å². The van der Waals surface area contributed by atoms with Gasteiger partial charge in [-0.2, -0.15) is 30.0 Å². The van der Waals surface area contributed by atoms with Crippen LogP contribution in [0.15, 0.2) is 207 Å². The van der Waals surface area contributed by atoms with Crippen molar-refractivity contribution in [2.45, 2.75) is 24.2 Å². The zero-order valence-electron chi connectivity index (χ0n) is 40.4. The predicted octanol–water partition coefficient (Wildman–Crippen LogP) is 8.99. The fourth-order valence-corrected chi connectivity index (χ4v) is 8.25. The van der Waals surface area contributed by atoms with Crippen LogP contribution in [0.3, 0.4) is 0 Å². The maximum atomic E-state index is 15.3. The molecule has 0 aliphatic carbocycles. The summed E-state index contributed by atoms with van der Waals surface area (Å²) in [5.41, 5.74) is 30.2. The second-order valence-electron chi connectivity index (χ2n) is 17.1. The number of amides is 2. The first-order chi connectivity index (χ1) is 37.0. The molecular formula is C56H50F2N16O2. The highest BCUT2D eigenvalue weighted by Gasteiger charge is 2.27. The van der Waals surface area contributed by atoms with Crippen molar-refractivity contribution in [3.63, 3.8) is 0 Å². The summed E-state index contributed by atoms with van der Waals surface area (Å²) >= 11 is 0. The summed E-state index contributed by atoms with van der Waals surface area (Å²) in [6.07, 6.45) is 6.25. The highest BCUT2D eigenvalue weighted by Crippen LogP contribution is 2.35. The van der Waals surface area contributed by atoms with Crippen molar-refractivity contribution in [3.05, 3.63) is 252 Å². The van der Waals surface area contributed by atoms with E-state index in [0.717, 1.165) is 34.4 Å². The average Bonchev–Trinajstić information content (AvgIpc) is 4.21. The molecule has 0 spiro atoms. The Bertz CT molecular complexity index is 3290. The van der Waals surface area contributed by atoms with Gasteiger partial charge in [0, 0.05) is 11.4 Å². The van der Waals surface area contributed by atoms with Crippen LogP contribution >= 0.6 is 0 Å². The van der Waals surface area contributed by atoms with E-state index < -0.39 is 47.6 Å². The molecule has 10 rings (SSSR count). The molecule has 6 aromatic carbocycles. The lowest BCUT2D eigenvalue weighted by Gasteiger charge is -2.27. The van der Waals surface area contributed by atoms with Crippen LogP contribution < -0.4 is 44.2 Å². The van der Waals surface area contributed by atoms with E-state index in [1.165, 1.54) is 9.59 Å². The molecule has 4 aromatic heterocycles.